The molecule has 0 aromatic carbocycles. The van der Waals surface area contributed by atoms with Crippen LogP contribution < -0.4 is 10.2 Å². The lowest BCUT2D eigenvalue weighted by Crippen LogP contribution is -2.45. The maximum Gasteiger partial charge on any atom is 0.268 e. The van der Waals surface area contributed by atoms with E-state index in [2.05, 4.69) is 55.6 Å². The van der Waals surface area contributed by atoms with Gasteiger partial charge in [0.25, 0.3) is 7.82 Å². The Balaban J connectivity index is 3.90. The quantitative estimate of drug-likeness (QED) is 0.0272. The van der Waals surface area contributed by atoms with Crippen molar-refractivity contribution in [2.75, 3.05) is 40.9 Å². The SMILES string of the molecule is CCCCCC/C=C/CC/C=C/C(O)C(COP(=O)([O-])OCC[N+](C)(C)C)NC(=O)CCCCCCCCCCCCCCCCCCCCCCCCC/C=C\C/C=C\CCCCCCC. The second kappa shape index (κ2) is 49.4. The normalized spacial score (nSPS) is 14.3. The molecular formula is C58H111N2O6P. The Labute approximate surface area is 416 Å². The zero-order valence-corrected chi connectivity index (χ0v) is 45.7. The number of nitrogens with one attached hydrogen (secondary N) is 1. The summed E-state index contributed by atoms with van der Waals surface area (Å²) < 4.78 is 23.2. The number of hydrogen-bond donors (Lipinski definition) is 2. The summed E-state index contributed by atoms with van der Waals surface area (Å²) in [6.07, 6.45) is 65.1. The van der Waals surface area contributed by atoms with Crippen molar-refractivity contribution in [3.05, 3.63) is 48.6 Å². The first kappa shape index (κ1) is 65.5. The molecule has 0 saturated heterocycles. The van der Waals surface area contributed by atoms with Gasteiger partial charge in [0.15, 0.2) is 0 Å². The second-order valence-electron chi connectivity index (χ2n) is 20.6. The Morgan fingerprint density at radius 3 is 1.31 bits per heavy atom. The summed E-state index contributed by atoms with van der Waals surface area (Å²) in [6, 6.07) is -0.900. The molecule has 0 heterocycles. The second-order valence-corrected chi connectivity index (χ2v) is 22.0. The number of hydrogen-bond acceptors (Lipinski definition) is 6. The predicted octanol–water partition coefficient (Wildman–Crippen LogP) is 16.5. The van der Waals surface area contributed by atoms with E-state index in [1.807, 2.05) is 27.2 Å². The van der Waals surface area contributed by atoms with Gasteiger partial charge in [-0.1, -0.05) is 242 Å². The van der Waals surface area contributed by atoms with E-state index in [1.54, 1.807) is 6.08 Å². The minimum Gasteiger partial charge on any atom is -0.756 e. The Morgan fingerprint density at radius 1 is 0.522 bits per heavy atom. The number of rotatable bonds is 52. The molecule has 8 nitrogen and oxygen atoms in total. The van der Waals surface area contributed by atoms with E-state index in [0.717, 1.165) is 44.9 Å². The number of likely N-dealkylation sites (N-methyl/N-ethyl adjacent to an activating group) is 1. The molecule has 0 aromatic rings. The molecule has 0 radical (unpaired) electrons. The van der Waals surface area contributed by atoms with Crippen LogP contribution in [0, 0.1) is 0 Å². The minimum atomic E-state index is -4.59. The Morgan fingerprint density at radius 2 is 0.881 bits per heavy atom. The van der Waals surface area contributed by atoms with E-state index < -0.39 is 26.6 Å². The standard InChI is InChI=1S/C58H111N2O6P/c1-6-8-10-12-14-16-18-19-20-21-22-23-24-25-26-27-28-29-30-31-32-33-34-35-36-37-38-39-40-41-42-44-46-48-50-52-58(62)59-56(55-66-67(63,64)65-54-53-60(3,4)5)57(61)51-49-47-45-43-17-15-13-11-9-7-2/h17-19,21-22,43,49,51,56-57,61H,6-16,20,23-42,44-48,50,52-55H2,1-5H3,(H-,59,62,63,64)/b19-18-,22-21-,43-17+,51-49+. The summed E-state index contributed by atoms with van der Waals surface area (Å²) in [5, 5.41) is 13.8. The molecule has 1 amide bonds. The average molecular weight is 964 g/mol. The molecule has 0 aliphatic rings. The highest BCUT2D eigenvalue weighted by Gasteiger charge is 2.23. The number of quaternary nitrogens is 1. The van der Waals surface area contributed by atoms with Crippen molar-refractivity contribution in [2.45, 2.75) is 276 Å². The maximum atomic E-state index is 12.9. The molecule has 2 N–H and O–H groups in total. The molecule has 0 saturated carbocycles. The molecular weight excluding hydrogens is 852 g/mol. The van der Waals surface area contributed by atoms with Gasteiger partial charge in [-0.15, -0.1) is 0 Å². The van der Waals surface area contributed by atoms with E-state index >= 15 is 0 Å². The predicted molar refractivity (Wildman–Crippen MR) is 288 cm³/mol. The molecule has 0 aliphatic heterocycles. The summed E-state index contributed by atoms with van der Waals surface area (Å²) in [6.45, 7) is 4.59. The van der Waals surface area contributed by atoms with Crippen LogP contribution in [0.3, 0.4) is 0 Å². The molecule has 67 heavy (non-hydrogen) atoms. The number of phosphoric acid groups is 1. The van der Waals surface area contributed by atoms with Crippen LogP contribution in [-0.2, 0) is 18.4 Å². The highest BCUT2D eigenvalue weighted by molar-refractivity contribution is 7.45. The van der Waals surface area contributed by atoms with Crippen molar-refractivity contribution < 1.29 is 32.9 Å². The van der Waals surface area contributed by atoms with E-state index in [-0.39, 0.29) is 12.5 Å². The van der Waals surface area contributed by atoms with Gasteiger partial charge in [-0.3, -0.25) is 9.36 Å². The number of carbonyl (C=O) groups is 1. The van der Waals surface area contributed by atoms with Gasteiger partial charge in [-0.25, -0.2) is 0 Å². The summed E-state index contributed by atoms with van der Waals surface area (Å²) in [5.41, 5.74) is 0. The topological polar surface area (TPSA) is 108 Å². The van der Waals surface area contributed by atoms with Gasteiger partial charge in [0.1, 0.15) is 13.2 Å². The molecule has 9 heteroatoms. The first-order valence-electron chi connectivity index (χ1n) is 28.5. The number of allylic oxidation sites excluding steroid dienone is 7. The smallest absolute Gasteiger partial charge is 0.268 e. The Hall–Kier alpha value is -1.54. The molecule has 3 unspecified atom stereocenters. The van der Waals surface area contributed by atoms with Crippen LogP contribution in [0.5, 0.6) is 0 Å². The van der Waals surface area contributed by atoms with Crippen molar-refractivity contribution in [3.63, 3.8) is 0 Å². The fraction of sp³-hybridized carbons (Fsp3) is 0.845. The molecule has 0 spiro atoms. The number of aliphatic hydroxyl groups excluding tert-OH is 1. The van der Waals surface area contributed by atoms with Gasteiger partial charge in [-0.2, -0.15) is 0 Å². The number of unbranched alkanes of at least 4 members (excludes halogenated alkanes) is 33. The van der Waals surface area contributed by atoms with Crippen LogP contribution >= 0.6 is 7.82 Å². The first-order valence-corrected chi connectivity index (χ1v) is 30.0. The largest absolute Gasteiger partial charge is 0.756 e. The van der Waals surface area contributed by atoms with Gasteiger partial charge in [0.2, 0.25) is 5.91 Å². The zero-order chi connectivity index (χ0) is 49.2. The fourth-order valence-electron chi connectivity index (χ4n) is 8.26. The monoisotopic (exact) mass is 963 g/mol. The van der Waals surface area contributed by atoms with Crippen LogP contribution in [0.4, 0.5) is 0 Å². The third-order valence-corrected chi connectivity index (χ3v) is 13.7. The molecule has 0 bridgehead atoms. The molecule has 0 fully saturated rings. The molecule has 0 aliphatic carbocycles. The third-order valence-electron chi connectivity index (χ3n) is 12.8. The first-order chi connectivity index (χ1) is 32.5. The summed E-state index contributed by atoms with van der Waals surface area (Å²) in [5.74, 6) is -0.206. The van der Waals surface area contributed by atoms with E-state index in [0.29, 0.717) is 17.4 Å². The fourth-order valence-corrected chi connectivity index (χ4v) is 8.98. The van der Waals surface area contributed by atoms with Gasteiger partial charge in [0, 0.05) is 6.42 Å². The van der Waals surface area contributed by atoms with Crippen molar-refractivity contribution in [1.29, 1.82) is 0 Å². The van der Waals surface area contributed by atoms with Crippen molar-refractivity contribution in [3.8, 4) is 0 Å². The van der Waals surface area contributed by atoms with Crippen LogP contribution in [-0.4, -0.2) is 68.5 Å². The van der Waals surface area contributed by atoms with Gasteiger partial charge < -0.3 is 28.8 Å². The van der Waals surface area contributed by atoms with Crippen LogP contribution in [0.1, 0.15) is 264 Å². The molecule has 0 aromatic heterocycles. The number of phosphoric ester groups is 1. The van der Waals surface area contributed by atoms with Gasteiger partial charge >= 0.3 is 0 Å². The summed E-state index contributed by atoms with van der Waals surface area (Å²) in [7, 11) is 1.25. The van der Waals surface area contributed by atoms with E-state index in [1.165, 1.54) is 199 Å². The number of carbonyl (C=O) groups excluding carboxylic acids is 1. The van der Waals surface area contributed by atoms with Gasteiger partial charge in [0.05, 0.1) is 39.9 Å². The lowest BCUT2D eigenvalue weighted by molar-refractivity contribution is -0.870. The number of nitrogens with zero attached hydrogens (tertiary/aromatic N) is 1. The van der Waals surface area contributed by atoms with E-state index in [9.17, 15) is 19.4 Å². The minimum absolute atomic E-state index is 0.00588. The van der Waals surface area contributed by atoms with E-state index in [4.69, 9.17) is 9.05 Å². The zero-order valence-electron chi connectivity index (χ0n) is 44.9. The van der Waals surface area contributed by atoms with Crippen molar-refractivity contribution >= 4 is 13.7 Å². The highest BCUT2D eigenvalue weighted by atomic mass is 31.2. The molecule has 394 valence electrons. The van der Waals surface area contributed by atoms with Crippen LogP contribution in [0.25, 0.3) is 0 Å². The molecule has 3 atom stereocenters. The number of amides is 1. The summed E-state index contributed by atoms with van der Waals surface area (Å²) >= 11 is 0. The van der Waals surface area contributed by atoms with Crippen molar-refractivity contribution in [2.24, 2.45) is 0 Å². The van der Waals surface area contributed by atoms with Gasteiger partial charge in [-0.05, 0) is 64.2 Å². The Kier molecular flexibility index (Phi) is 48.3. The lowest BCUT2D eigenvalue weighted by atomic mass is 10.0. The number of aliphatic hydroxyl groups is 1. The van der Waals surface area contributed by atoms with Crippen LogP contribution in [0.15, 0.2) is 48.6 Å². The van der Waals surface area contributed by atoms with Crippen LogP contribution in [0.2, 0.25) is 0 Å². The molecule has 0 rings (SSSR count). The third kappa shape index (κ3) is 52.1. The van der Waals surface area contributed by atoms with Crippen molar-refractivity contribution in [1.82, 2.24) is 5.32 Å². The average Bonchev–Trinajstić information content (AvgIpc) is 3.29. The Bertz CT molecular complexity index is 1230. The maximum absolute atomic E-state index is 12.9. The lowest BCUT2D eigenvalue weighted by Gasteiger charge is -2.29. The highest BCUT2D eigenvalue weighted by Crippen LogP contribution is 2.38. The summed E-state index contributed by atoms with van der Waals surface area (Å²) in [4.78, 5) is 25.3.